The molecule has 0 amide bonds. The Kier molecular flexibility index (Phi) is 4.10. The van der Waals surface area contributed by atoms with Crippen molar-refractivity contribution in [1.82, 2.24) is 0 Å². The Labute approximate surface area is 149 Å². The third-order valence-corrected chi connectivity index (χ3v) is 5.42. The molecule has 24 heavy (non-hydrogen) atoms. The first kappa shape index (κ1) is 16.9. The normalized spacial score (nSPS) is 18.5. The Morgan fingerprint density at radius 3 is 2.62 bits per heavy atom. The Hall–Kier alpha value is -1.98. The molecule has 1 heterocycles. The van der Waals surface area contributed by atoms with Gasteiger partial charge in [0.15, 0.2) is 0 Å². The number of rotatable bonds is 1. The molecule has 1 unspecified atom stereocenters. The summed E-state index contributed by atoms with van der Waals surface area (Å²) in [5.74, 6) is 0.391. The van der Waals surface area contributed by atoms with Gasteiger partial charge in [-0.05, 0) is 74.4 Å². The molecule has 2 aromatic rings. The highest BCUT2D eigenvalue weighted by Crippen LogP contribution is 2.47. The van der Waals surface area contributed by atoms with E-state index < -0.39 is 0 Å². The van der Waals surface area contributed by atoms with Crippen molar-refractivity contribution < 1.29 is 0 Å². The summed E-state index contributed by atoms with van der Waals surface area (Å²) in [5.41, 5.74) is 7.39. The van der Waals surface area contributed by atoms with E-state index in [4.69, 9.17) is 11.6 Å². The van der Waals surface area contributed by atoms with Crippen molar-refractivity contribution in [2.45, 2.75) is 52.5 Å². The van der Waals surface area contributed by atoms with Crippen LogP contribution in [0.4, 0.5) is 5.69 Å². The molecule has 2 nitrogen and oxygen atoms in total. The predicted molar refractivity (Wildman–Crippen MR) is 102 cm³/mol. The molecule has 2 aromatic carbocycles. The van der Waals surface area contributed by atoms with Crippen LogP contribution in [0.1, 0.15) is 55.4 Å². The number of hydrogen-bond acceptors (Lipinski definition) is 2. The van der Waals surface area contributed by atoms with Crippen LogP contribution in [-0.4, -0.2) is 5.54 Å². The fraction of sp³-hybridized carbons (Fsp3) is 0.381. The van der Waals surface area contributed by atoms with Crippen molar-refractivity contribution in [3.63, 3.8) is 0 Å². The second-order valence-corrected chi connectivity index (χ2v) is 7.93. The van der Waals surface area contributed by atoms with Crippen molar-refractivity contribution in [3.8, 4) is 17.2 Å². The highest BCUT2D eigenvalue weighted by atomic mass is 35.5. The first-order valence-electron chi connectivity index (χ1n) is 8.36. The quantitative estimate of drug-likeness (QED) is 0.672. The van der Waals surface area contributed by atoms with Crippen LogP contribution in [0, 0.1) is 25.2 Å². The molecule has 0 radical (unpaired) electrons. The van der Waals surface area contributed by atoms with Gasteiger partial charge in [-0.3, -0.25) is 0 Å². The van der Waals surface area contributed by atoms with Crippen LogP contribution in [0.15, 0.2) is 24.3 Å². The summed E-state index contributed by atoms with van der Waals surface area (Å²) in [7, 11) is 0. The van der Waals surface area contributed by atoms with Crippen molar-refractivity contribution in [3.05, 3.63) is 51.5 Å². The fourth-order valence-corrected chi connectivity index (χ4v) is 4.39. The molecule has 0 aliphatic carbocycles. The van der Waals surface area contributed by atoms with Crippen LogP contribution < -0.4 is 5.32 Å². The molecule has 3 rings (SSSR count). The molecule has 0 bridgehead atoms. The van der Waals surface area contributed by atoms with E-state index in [2.05, 4.69) is 45.1 Å². The van der Waals surface area contributed by atoms with E-state index in [-0.39, 0.29) is 5.54 Å². The summed E-state index contributed by atoms with van der Waals surface area (Å²) < 4.78 is 0. The Morgan fingerprint density at radius 1 is 1.25 bits per heavy atom. The van der Waals surface area contributed by atoms with Crippen molar-refractivity contribution in [1.29, 1.82) is 5.26 Å². The Bertz CT molecular complexity index is 859. The minimum Gasteiger partial charge on any atom is -0.380 e. The lowest BCUT2D eigenvalue weighted by molar-refractivity contribution is 0.454. The third kappa shape index (κ3) is 2.68. The second kappa shape index (κ2) is 5.83. The van der Waals surface area contributed by atoms with Gasteiger partial charge in [0.05, 0.1) is 16.7 Å². The molecule has 1 N–H and O–H groups in total. The summed E-state index contributed by atoms with van der Waals surface area (Å²) >= 11 is 6.87. The molecule has 0 saturated carbocycles. The number of nitrogens with one attached hydrogen (secondary N) is 1. The van der Waals surface area contributed by atoms with Gasteiger partial charge in [0.2, 0.25) is 0 Å². The van der Waals surface area contributed by atoms with E-state index >= 15 is 0 Å². The molecule has 3 heteroatoms. The van der Waals surface area contributed by atoms with Crippen molar-refractivity contribution >= 4 is 17.3 Å². The van der Waals surface area contributed by atoms with E-state index in [0.29, 0.717) is 11.5 Å². The zero-order valence-corrected chi connectivity index (χ0v) is 15.7. The Morgan fingerprint density at radius 2 is 1.96 bits per heavy atom. The number of hydrogen-bond donors (Lipinski definition) is 1. The summed E-state index contributed by atoms with van der Waals surface area (Å²) in [5, 5.41) is 13.8. The highest BCUT2D eigenvalue weighted by molar-refractivity contribution is 6.34. The zero-order chi connectivity index (χ0) is 17.6. The molecule has 0 aromatic heterocycles. The standard InChI is InChI=1S/C21H23ClN2/c1-12-9-17(16-8-6-7-15(11-23)14(16)3)19(22)18-13(2)10-21(4,5)24-20(12)18/h6-9,13,24H,10H2,1-5H3. The van der Waals surface area contributed by atoms with Crippen LogP contribution in [0.2, 0.25) is 5.02 Å². The first-order chi connectivity index (χ1) is 11.2. The van der Waals surface area contributed by atoms with Gasteiger partial charge >= 0.3 is 0 Å². The van der Waals surface area contributed by atoms with Crippen molar-refractivity contribution in [2.75, 3.05) is 5.32 Å². The molecular weight excluding hydrogens is 316 g/mol. The summed E-state index contributed by atoms with van der Waals surface area (Å²) in [6, 6.07) is 10.2. The van der Waals surface area contributed by atoms with Crippen LogP contribution in [0.3, 0.4) is 0 Å². The van der Waals surface area contributed by atoms with Gasteiger partial charge in [-0.15, -0.1) is 0 Å². The van der Waals surface area contributed by atoms with Crippen LogP contribution >= 0.6 is 11.6 Å². The molecule has 1 aliphatic rings. The lowest BCUT2D eigenvalue weighted by Gasteiger charge is -2.39. The van der Waals surface area contributed by atoms with E-state index in [0.717, 1.165) is 28.1 Å². The number of halogens is 1. The van der Waals surface area contributed by atoms with E-state index in [9.17, 15) is 5.26 Å². The topological polar surface area (TPSA) is 35.8 Å². The van der Waals surface area contributed by atoms with Crippen molar-refractivity contribution in [2.24, 2.45) is 0 Å². The molecule has 0 spiro atoms. The summed E-state index contributed by atoms with van der Waals surface area (Å²) in [6.45, 7) is 10.8. The number of benzene rings is 2. The first-order valence-corrected chi connectivity index (χ1v) is 8.74. The van der Waals surface area contributed by atoms with Gasteiger partial charge in [-0.1, -0.05) is 30.7 Å². The number of aryl methyl sites for hydroxylation is 1. The molecular formula is C21H23ClN2. The van der Waals surface area contributed by atoms with Gasteiger partial charge < -0.3 is 5.32 Å². The minimum atomic E-state index is 0.0681. The molecule has 0 saturated heterocycles. The van der Waals surface area contributed by atoms with E-state index in [1.165, 1.54) is 16.8 Å². The van der Waals surface area contributed by atoms with Gasteiger partial charge in [-0.25, -0.2) is 0 Å². The van der Waals surface area contributed by atoms with E-state index in [1.54, 1.807) is 0 Å². The number of nitriles is 1. The van der Waals surface area contributed by atoms with Crippen LogP contribution in [0.25, 0.3) is 11.1 Å². The smallest absolute Gasteiger partial charge is 0.0994 e. The molecule has 0 fully saturated rings. The Balaban J connectivity index is 2.26. The lowest BCUT2D eigenvalue weighted by atomic mass is 9.79. The maximum atomic E-state index is 9.31. The van der Waals surface area contributed by atoms with E-state index in [1.807, 2.05) is 25.1 Å². The maximum Gasteiger partial charge on any atom is 0.0994 e. The average Bonchev–Trinajstić information content (AvgIpc) is 2.50. The molecule has 124 valence electrons. The van der Waals surface area contributed by atoms with Gasteiger partial charge in [-0.2, -0.15) is 5.26 Å². The number of anilines is 1. The van der Waals surface area contributed by atoms with Crippen LogP contribution in [-0.2, 0) is 0 Å². The SMILES string of the molecule is Cc1cc(-c2cccc(C#N)c2C)c(Cl)c2c1NC(C)(C)CC2C. The zero-order valence-electron chi connectivity index (χ0n) is 14.9. The van der Waals surface area contributed by atoms with Crippen LogP contribution in [0.5, 0.6) is 0 Å². The predicted octanol–water partition coefficient (Wildman–Crippen LogP) is 6.19. The second-order valence-electron chi connectivity index (χ2n) is 7.55. The largest absolute Gasteiger partial charge is 0.380 e. The summed E-state index contributed by atoms with van der Waals surface area (Å²) in [4.78, 5) is 0. The minimum absolute atomic E-state index is 0.0681. The lowest BCUT2D eigenvalue weighted by Crippen LogP contribution is -2.37. The fourth-order valence-electron chi connectivity index (χ4n) is 3.95. The van der Waals surface area contributed by atoms with Gasteiger partial charge in [0.25, 0.3) is 0 Å². The van der Waals surface area contributed by atoms with Gasteiger partial charge in [0.1, 0.15) is 0 Å². The maximum absolute atomic E-state index is 9.31. The number of fused-ring (bicyclic) bond motifs is 1. The third-order valence-electron chi connectivity index (χ3n) is 5.01. The van der Waals surface area contributed by atoms with Gasteiger partial charge in [0, 0.05) is 16.8 Å². The summed E-state index contributed by atoms with van der Waals surface area (Å²) in [6.07, 6.45) is 1.04. The monoisotopic (exact) mass is 338 g/mol. The highest BCUT2D eigenvalue weighted by Gasteiger charge is 2.33. The average molecular weight is 339 g/mol. The number of nitrogens with zero attached hydrogens (tertiary/aromatic N) is 1. The molecule has 1 aliphatic heterocycles. The molecule has 1 atom stereocenters.